The number of hydrogen-bond donors (Lipinski definition) is 2. The highest BCUT2D eigenvalue weighted by molar-refractivity contribution is 9.10. The van der Waals surface area contributed by atoms with Gasteiger partial charge in [-0.2, -0.15) is 12.7 Å². The van der Waals surface area contributed by atoms with Crippen molar-refractivity contribution in [3.05, 3.63) is 28.5 Å². The predicted octanol–water partition coefficient (Wildman–Crippen LogP) is 2.18. The van der Waals surface area contributed by atoms with E-state index in [2.05, 4.69) is 20.7 Å². The summed E-state index contributed by atoms with van der Waals surface area (Å²) in [5.74, 6) is -1.68. The Morgan fingerprint density at radius 3 is 2.76 bits per heavy atom. The lowest BCUT2D eigenvalue weighted by molar-refractivity contribution is -0.142. The highest BCUT2D eigenvalue weighted by atomic mass is 79.9. The Balaban J connectivity index is 2.23. The van der Waals surface area contributed by atoms with Crippen molar-refractivity contribution in [2.45, 2.75) is 25.3 Å². The number of carbonyl (C=O) groups is 1. The van der Waals surface area contributed by atoms with Crippen LogP contribution < -0.4 is 4.72 Å². The standard InChI is InChI=1S/C12H14BrFN2O4S/c13-9-7-8(4-5-10(9)14)15-21(19,20)16-6-2-1-3-11(16)12(17)18/h4-5,7,11,15H,1-3,6H2,(H,17,18). The number of anilines is 1. The van der Waals surface area contributed by atoms with Crippen LogP contribution in [-0.2, 0) is 15.0 Å². The molecule has 0 bridgehead atoms. The maximum absolute atomic E-state index is 13.1. The second kappa shape index (κ2) is 6.29. The fourth-order valence-electron chi connectivity index (χ4n) is 2.21. The number of nitrogens with one attached hydrogen (secondary N) is 1. The smallest absolute Gasteiger partial charge is 0.322 e. The van der Waals surface area contributed by atoms with Crippen LogP contribution >= 0.6 is 15.9 Å². The summed E-state index contributed by atoms with van der Waals surface area (Å²) in [4.78, 5) is 11.2. The molecule has 1 aliphatic rings. The van der Waals surface area contributed by atoms with Crippen molar-refractivity contribution in [3.8, 4) is 0 Å². The second-order valence-corrected chi connectivity index (χ2v) is 7.17. The molecule has 0 saturated carbocycles. The minimum absolute atomic E-state index is 0.121. The van der Waals surface area contributed by atoms with Gasteiger partial charge in [0.05, 0.1) is 10.2 Å². The van der Waals surface area contributed by atoms with Gasteiger partial charge >= 0.3 is 16.2 Å². The Morgan fingerprint density at radius 2 is 2.14 bits per heavy atom. The van der Waals surface area contributed by atoms with E-state index >= 15 is 0 Å². The quantitative estimate of drug-likeness (QED) is 0.837. The fraction of sp³-hybridized carbons (Fsp3) is 0.417. The highest BCUT2D eigenvalue weighted by Gasteiger charge is 2.36. The second-order valence-electron chi connectivity index (χ2n) is 4.70. The number of hydrogen-bond acceptors (Lipinski definition) is 3. The van der Waals surface area contributed by atoms with Crippen LogP contribution in [0.2, 0.25) is 0 Å². The van der Waals surface area contributed by atoms with Crippen LogP contribution in [0, 0.1) is 5.82 Å². The Bertz CT molecular complexity index is 653. The van der Waals surface area contributed by atoms with E-state index < -0.39 is 28.0 Å². The molecule has 0 aromatic heterocycles. The van der Waals surface area contributed by atoms with Gasteiger partial charge in [-0.3, -0.25) is 9.52 Å². The van der Waals surface area contributed by atoms with Crippen LogP contribution in [0.25, 0.3) is 0 Å². The third kappa shape index (κ3) is 3.72. The number of carboxylic acids is 1. The Labute approximate surface area is 130 Å². The van der Waals surface area contributed by atoms with Gasteiger partial charge in [0, 0.05) is 6.54 Å². The summed E-state index contributed by atoms with van der Waals surface area (Å²) in [6, 6.07) is 2.61. The fourth-order valence-corrected chi connectivity index (χ4v) is 4.03. The van der Waals surface area contributed by atoms with Crippen molar-refractivity contribution in [3.63, 3.8) is 0 Å². The molecular weight excluding hydrogens is 367 g/mol. The molecule has 6 nitrogen and oxygen atoms in total. The summed E-state index contributed by atoms with van der Waals surface area (Å²) in [5, 5.41) is 9.13. The van der Waals surface area contributed by atoms with E-state index in [1.807, 2.05) is 0 Å². The molecule has 9 heteroatoms. The summed E-state index contributed by atoms with van der Waals surface area (Å²) in [6.07, 6.45) is 1.56. The molecule has 2 N–H and O–H groups in total. The minimum Gasteiger partial charge on any atom is -0.480 e. The lowest BCUT2D eigenvalue weighted by atomic mass is 10.1. The highest BCUT2D eigenvalue weighted by Crippen LogP contribution is 2.24. The van der Waals surface area contributed by atoms with Crippen molar-refractivity contribution in [1.29, 1.82) is 0 Å². The van der Waals surface area contributed by atoms with E-state index in [1.54, 1.807) is 0 Å². The molecule has 116 valence electrons. The Kier molecular flexibility index (Phi) is 4.84. The average molecular weight is 381 g/mol. The molecule has 0 spiro atoms. The maximum atomic E-state index is 13.1. The first-order valence-corrected chi connectivity index (χ1v) is 8.52. The number of piperidine rings is 1. The first-order chi connectivity index (χ1) is 9.81. The van der Waals surface area contributed by atoms with Crippen molar-refractivity contribution in [2.75, 3.05) is 11.3 Å². The Morgan fingerprint density at radius 1 is 1.43 bits per heavy atom. The zero-order valence-corrected chi connectivity index (χ0v) is 13.3. The largest absolute Gasteiger partial charge is 0.480 e. The van der Waals surface area contributed by atoms with Crippen LogP contribution in [0.1, 0.15) is 19.3 Å². The van der Waals surface area contributed by atoms with E-state index in [1.165, 1.54) is 12.1 Å². The van der Waals surface area contributed by atoms with Gasteiger partial charge in [-0.25, -0.2) is 4.39 Å². The van der Waals surface area contributed by atoms with Crippen molar-refractivity contribution >= 4 is 37.8 Å². The average Bonchev–Trinajstić information content (AvgIpc) is 2.42. The van der Waals surface area contributed by atoms with Gasteiger partial charge < -0.3 is 5.11 Å². The van der Waals surface area contributed by atoms with E-state index in [0.717, 1.165) is 10.4 Å². The molecular formula is C12H14BrFN2O4S. The van der Waals surface area contributed by atoms with Gasteiger partial charge in [0.2, 0.25) is 0 Å². The van der Waals surface area contributed by atoms with Crippen molar-refractivity contribution in [1.82, 2.24) is 4.31 Å². The third-order valence-electron chi connectivity index (χ3n) is 3.21. The molecule has 1 saturated heterocycles. The number of aliphatic carboxylic acids is 1. The minimum atomic E-state index is -4.00. The van der Waals surface area contributed by atoms with Gasteiger partial charge in [0.25, 0.3) is 0 Å². The number of rotatable bonds is 4. The van der Waals surface area contributed by atoms with Crippen LogP contribution in [0.3, 0.4) is 0 Å². The molecule has 1 heterocycles. The summed E-state index contributed by atoms with van der Waals surface area (Å²) >= 11 is 2.97. The van der Waals surface area contributed by atoms with Crippen LogP contribution in [-0.4, -0.2) is 36.4 Å². The van der Waals surface area contributed by atoms with Crippen LogP contribution in [0.15, 0.2) is 22.7 Å². The molecule has 1 atom stereocenters. The van der Waals surface area contributed by atoms with Crippen molar-refractivity contribution in [2.24, 2.45) is 0 Å². The number of halogens is 2. The third-order valence-corrected chi connectivity index (χ3v) is 5.37. The predicted molar refractivity (Wildman–Crippen MR) is 78.6 cm³/mol. The van der Waals surface area contributed by atoms with Crippen molar-refractivity contribution < 1.29 is 22.7 Å². The summed E-state index contributed by atoms with van der Waals surface area (Å²) in [5.41, 5.74) is 0.165. The zero-order chi connectivity index (χ0) is 15.6. The first-order valence-electron chi connectivity index (χ1n) is 6.29. The monoisotopic (exact) mass is 380 g/mol. The van der Waals surface area contributed by atoms with Gasteiger partial charge in [0.1, 0.15) is 11.9 Å². The van der Waals surface area contributed by atoms with Crippen LogP contribution in [0.5, 0.6) is 0 Å². The lowest BCUT2D eigenvalue weighted by Gasteiger charge is -2.31. The molecule has 1 aromatic rings. The van der Waals surface area contributed by atoms with Gasteiger partial charge in [-0.15, -0.1) is 0 Å². The van der Waals surface area contributed by atoms with E-state index in [0.29, 0.717) is 12.8 Å². The zero-order valence-electron chi connectivity index (χ0n) is 10.9. The molecule has 21 heavy (non-hydrogen) atoms. The van der Waals surface area contributed by atoms with E-state index in [4.69, 9.17) is 5.11 Å². The van der Waals surface area contributed by atoms with Crippen LogP contribution in [0.4, 0.5) is 10.1 Å². The number of carboxylic acid groups (broad SMARTS) is 1. The number of nitrogens with zero attached hydrogens (tertiary/aromatic N) is 1. The topological polar surface area (TPSA) is 86.7 Å². The molecule has 1 fully saturated rings. The van der Waals surface area contributed by atoms with Gasteiger partial charge in [0.15, 0.2) is 0 Å². The number of benzene rings is 1. The van der Waals surface area contributed by atoms with E-state index in [-0.39, 0.29) is 23.1 Å². The van der Waals surface area contributed by atoms with E-state index in [9.17, 15) is 17.6 Å². The normalized spacial score (nSPS) is 20.2. The van der Waals surface area contributed by atoms with Gasteiger partial charge in [-0.05, 0) is 53.4 Å². The molecule has 0 amide bonds. The molecule has 1 aromatic carbocycles. The van der Waals surface area contributed by atoms with Gasteiger partial charge in [-0.1, -0.05) is 0 Å². The molecule has 1 aliphatic heterocycles. The molecule has 0 radical (unpaired) electrons. The molecule has 1 unspecified atom stereocenters. The SMILES string of the molecule is O=C(O)C1CCCCN1S(=O)(=O)Nc1ccc(F)c(Br)c1. The summed E-state index contributed by atoms with van der Waals surface area (Å²) < 4.78 is 41.1. The summed E-state index contributed by atoms with van der Waals surface area (Å²) in [6.45, 7) is 0.147. The Hall–Kier alpha value is -1.19. The summed E-state index contributed by atoms with van der Waals surface area (Å²) in [7, 11) is -4.00. The molecule has 0 aliphatic carbocycles. The first kappa shape index (κ1) is 16.2. The molecule has 2 rings (SSSR count). The maximum Gasteiger partial charge on any atom is 0.322 e. The lowest BCUT2D eigenvalue weighted by Crippen LogP contribution is -2.49.